The van der Waals surface area contributed by atoms with Crippen molar-refractivity contribution in [2.24, 2.45) is 5.73 Å². The second-order valence-electron chi connectivity index (χ2n) is 5.43. The highest BCUT2D eigenvalue weighted by atomic mass is 15.2. The number of nitrogens with two attached hydrogens (primary N) is 1. The van der Waals surface area contributed by atoms with Crippen LogP contribution in [0.1, 0.15) is 45.1 Å². The first-order valence-corrected chi connectivity index (χ1v) is 7.30. The lowest BCUT2D eigenvalue weighted by Crippen LogP contribution is -2.55. The summed E-state index contributed by atoms with van der Waals surface area (Å²) in [6.45, 7) is 6.91. The first-order valence-electron chi connectivity index (χ1n) is 7.30. The quantitative estimate of drug-likeness (QED) is 0.865. The average molecular weight is 246 g/mol. The maximum absolute atomic E-state index is 6.81. The van der Waals surface area contributed by atoms with Gasteiger partial charge in [0.25, 0.3) is 0 Å². The maximum atomic E-state index is 6.81. The van der Waals surface area contributed by atoms with Crippen LogP contribution >= 0.6 is 0 Å². The molecule has 1 saturated heterocycles. The Morgan fingerprint density at radius 3 is 2.28 bits per heavy atom. The second kappa shape index (κ2) is 5.85. The van der Waals surface area contributed by atoms with Gasteiger partial charge in [0, 0.05) is 6.04 Å². The zero-order valence-corrected chi connectivity index (χ0v) is 11.7. The van der Waals surface area contributed by atoms with Gasteiger partial charge in [-0.2, -0.15) is 0 Å². The highest BCUT2D eigenvalue weighted by Crippen LogP contribution is 2.32. The molecule has 0 spiro atoms. The van der Waals surface area contributed by atoms with Crippen LogP contribution in [0.15, 0.2) is 30.3 Å². The number of nitrogens with zero attached hydrogens (tertiary/aromatic N) is 1. The van der Waals surface area contributed by atoms with E-state index in [0.717, 1.165) is 12.8 Å². The van der Waals surface area contributed by atoms with Crippen molar-refractivity contribution in [2.45, 2.75) is 51.1 Å². The van der Waals surface area contributed by atoms with E-state index in [1.807, 2.05) is 0 Å². The molecular weight excluding hydrogens is 220 g/mol. The number of rotatable bonds is 5. The second-order valence-corrected chi connectivity index (χ2v) is 5.43. The molecule has 18 heavy (non-hydrogen) atoms. The lowest BCUT2D eigenvalue weighted by molar-refractivity contribution is 0.136. The first kappa shape index (κ1) is 13.6. The summed E-state index contributed by atoms with van der Waals surface area (Å²) in [4.78, 5) is 2.59. The van der Waals surface area contributed by atoms with Gasteiger partial charge in [0.15, 0.2) is 0 Å². The van der Waals surface area contributed by atoms with Gasteiger partial charge in [-0.25, -0.2) is 0 Å². The van der Waals surface area contributed by atoms with E-state index in [9.17, 15) is 0 Å². The van der Waals surface area contributed by atoms with Crippen molar-refractivity contribution in [2.75, 3.05) is 13.1 Å². The van der Waals surface area contributed by atoms with E-state index in [4.69, 9.17) is 5.73 Å². The van der Waals surface area contributed by atoms with Crippen molar-refractivity contribution in [1.82, 2.24) is 4.90 Å². The van der Waals surface area contributed by atoms with Crippen LogP contribution in [-0.4, -0.2) is 24.0 Å². The summed E-state index contributed by atoms with van der Waals surface area (Å²) in [7, 11) is 0. The number of hydrogen-bond acceptors (Lipinski definition) is 2. The topological polar surface area (TPSA) is 29.3 Å². The molecule has 2 nitrogen and oxygen atoms in total. The van der Waals surface area contributed by atoms with E-state index in [1.165, 1.54) is 31.5 Å². The summed E-state index contributed by atoms with van der Waals surface area (Å²) >= 11 is 0. The lowest BCUT2D eigenvalue weighted by Gasteiger charge is -2.42. The standard InChI is InChI=1S/C16H26N2/c1-3-15(18-12-8-9-13-18)16(17,4-2)14-10-6-5-7-11-14/h5-7,10-11,15H,3-4,8-9,12-13,17H2,1-2H3. The minimum Gasteiger partial charge on any atom is -0.320 e. The van der Waals surface area contributed by atoms with Crippen LogP contribution in [0.25, 0.3) is 0 Å². The molecule has 1 aliphatic heterocycles. The van der Waals surface area contributed by atoms with Gasteiger partial charge in [-0.05, 0) is 44.3 Å². The molecule has 1 aromatic rings. The van der Waals surface area contributed by atoms with Crippen molar-refractivity contribution >= 4 is 0 Å². The summed E-state index contributed by atoms with van der Waals surface area (Å²) in [5.41, 5.74) is 7.89. The zero-order valence-electron chi connectivity index (χ0n) is 11.7. The van der Waals surface area contributed by atoms with Crippen molar-refractivity contribution in [1.29, 1.82) is 0 Å². The number of likely N-dealkylation sites (tertiary alicyclic amines) is 1. The highest BCUT2D eigenvalue weighted by Gasteiger charge is 2.38. The van der Waals surface area contributed by atoms with Crippen LogP contribution in [0.3, 0.4) is 0 Å². The third-order valence-corrected chi connectivity index (χ3v) is 4.46. The molecule has 2 rings (SSSR count). The number of hydrogen-bond donors (Lipinski definition) is 1. The van der Waals surface area contributed by atoms with Gasteiger partial charge < -0.3 is 5.73 Å². The van der Waals surface area contributed by atoms with Gasteiger partial charge in [-0.3, -0.25) is 4.90 Å². The fourth-order valence-electron chi connectivity index (χ4n) is 3.38. The predicted molar refractivity (Wildman–Crippen MR) is 77.5 cm³/mol. The zero-order chi connectivity index (χ0) is 13.0. The Labute approximate surface area is 111 Å². The number of benzene rings is 1. The Balaban J connectivity index is 2.29. The molecule has 2 unspecified atom stereocenters. The van der Waals surface area contributed by atoms with Gasteiger partial charge in [0.05, 0.1) is 5.54 Å². The van der Waals surface area contributed by atoms with E-state index >= 15 is 0 Å². The Morgan fingerprint density at radius 1 is 1.17 bits per heavy atom. The molecule has 2 atom stereocenters. The highest BCUT2D eigenvalue weighted by molar-refractivity contribution is 5.26. The van der Waals surface area contributed by atoms with E-state index in [-0.39, 0.29) is 5.54 Å². The van der Waals surface area contributed by atoms with Crippen LogP contribution in [-0.2, 0) is 5.54 Å². The maximum Gasteiger partial charge on any atom is 0.0564 e. The normalized spacial score (nSPS) is 21.7. The Morgan fingerprint density at radius 2 is 1.78 bits per heavy atom. The third-order valence-electron chi connectivity index (χ3n) is 4.46. The lowest BCUT2D eigenvalue weighted by atomic mass is 9.79. The molecule has 0 aliphatic carbocycles. The van der Waals surface area contributed by atoms with Crippen molar-refractivity contribution in [3.05, 3.63) is 35.9 Å². The van der Waals surface area contributed by atoms with Gasteiger partial charge >= 0.3 is 0 Å². The summed E-state index contributed by atoms with van der Waals surface area (Å²) in [5.74, 6) is 0. The minimum absolute atomic E-state index is 0.208. The molecule has 0 amide bonds. The van der Waals surface area contributed by atoms with Crippen molar-refractivity contribution < 1.29 is 0 Å². The van der Waals surface area contributed by atoms with E-state index < -0.39 is 0 Å². The fourth-order valence-corrected chi connectivity index (χ4v) is 3.38. The van der Waals surface area contributed by atoms with Crippen LogP contribution in [0.2, 0.25) is 0 Å². The van der Waals surface area contributed by atoms with Crippen LogP contribution in [0.4, 0.5) is 0 Å². The first-order chi connectivity index (χ1) is 8.72. The van der Waals surface area contributed by atoms with E-state index in [2.05, 4.69) is 49.1 Å². The molecule has 2 N–H and O–H groups in total. The van der Waals surface area contributed by atoms with Crippen LogP contribution < -0.4 is 5.73 Å². The van der Waals surface area contributed by atoms with Crippen LogP contribution in [0.5, 0.6) is 0 Å². The molecule has 0 aromatic heterocycles. The van der Waals surface area contributed by atoms with Crippen molar-refractivity contribution in [3.63, 3.8) is 0 Å². The minimum atomic E-state index is -0.208. The van der Waals surface area contributed by atoms with Crippen molar-refractivity contribution in [3.8, 4) is 0 Å². The van der Waals surface area contributed by atoms with Gasteiger partial charge in [0.1, 0.15) is 0 Å². The SMILES string of the molecule is CCC(N1CCCC1)C(N)(CC)c1ccccc1. The summed E-state index contributed by atoms with van der Waals surface area (Å²) in [6, 6.07) is 11.1. The van der Waals surface area contributed by atoms with E-state index in [1.54, 1.807) is 0 Å². The monoisotopic (exact) mass is 246 g/mol. The molecule has 0 bridgehead atoms. The molecule has 2 heteroatoms. The molecule has 1 aliphatic rings. The van der Waals surface area contributed by atoms with Crippen LogP contribution in [0, 0.1) is 0 Å². The van der Waals surface area contributed by atoms with Gasteiger partial charge in [0.2, 0.25) is 0 Å². The Hall–Kier alpha value is -0.860. The average Bonchev–Trinajstić information content (AvgIpc) is 2.94. The molecular formula is C16H26N2. The molecule has 1 heterocycles. The molecule has 1 fully saturated rings. The smallest absolute Gasteiger partial charge is 0.0564 e. The van der Waals surface area contributed by atoms with Gasteiger partial charge in [-0.15, -0.1) is 0 Å². The summed E-state index contributed by atoms with van der Waals surface area (Å²) in [5, 5.41) is 0. The summed E-state index contributed by atoms with van der Waals surface area (Å²) in [6.07, 6.45) is 4.77. The molecule has 100 valence electrons. The fraction of sp³-hybridized carbons (Fsp3) is 0.625. The Kier molecular flexibility index (Phi) is 4.41. The molecule has 0 radical (unpaired) electrons. The summed E-state index contributed by atoms with van der Waals surface area (Å²) < 4.78 is 0. The third kappa shape index (κ3) is 2.45. The predicted octanol–water partition coefficient (Wildman–Crippen LogP) is 3.13. The largest absolute Gasteiger partial charge is 0.320 e. The molecule has 0 saturated carbocycles. The Bertz CT molecular complexity index is 357. The van der Waals surface area contributed by atoms with Gasteiger partial charge in [-0.1, -0.05) is 44.2 Å². The molecule has 1 aromatic carbocycles. The van der Waals surface area contributed by atoms with E-state index in [0.29, 0.717) is 6.04 Å².